The van der Waals surface area contributed by atoms with Gasteiger partial charge in [0.2, 0.25) is 0 Å². The molecule has 1 aromatic rings. The van der Waals surface area contributed by atoms with Crippen molar-refractivity contribution in [2.45, 2.75) is 31.7 Å². The van der Waals surface area contributed by atoms with Crippen molar-refractivity contribution in [1.82, 2.24) is 0 Å². The van der Waals surface area contributed by atoms with Gasteiger partial charge in [-0.2, -0.15) is 11.3 Å². The van der Waals surface area contributed by atoms with Crippen molar-refractivity contribution in [3.05, 3.63) is 22.4 Å². The Morgan fingerprint density at radius 3 is 2.92 bits per heavy atom. The van der Waals surface area contributed by atoms with Crippen LogP contribution in [0.25, 0.3) is 0 Å². The van der Waals surface area contributed by atoms with Crippen LogP contribution in [0.5, 0.6) is 0 Å². The Hall–Kier alpha value is -0.340. The molecular weight excluding hydrogens is 166 g/mol. The monoisotopic (exact) mass is 181 g/mol. The van der Waals surface area contributed by atoms with Gasteiger partial charge in [-0.05, 0) is 54.0 Å². The molecule has 0 saturated heterocycles. The highest BCUT2D eigenvalue weighted by molar-refractivity contribution is 7.07. The Balaban J connectivity index is 1.75. The molecule has 0 amide bonds. The molecule has 1 fully saturated rings. The molecule has 2 N–H and O–H groups in total. The first-order chi connectivity index (χ1) is 5.86. The summed E-state index contributed by atoms with van der Waals surface area (Å²) >= 11 is 1.79. The lowest BCUT2D eigenvalue weighted by Gasteiger charge is -2.33. The van der Waals surface area contributed by atoms with Gasteiger partial charge in [0.15, 0.2) is 0 Å². The van der Waals surface area contributed by atoms with Gasteiger partial charge in [0.1, 0.15) is 0 Å². The van der Waals surface area contributed by atoms with E-state index in [9.17, 15) is 0 Å². The van der Waals surface area contributed by atoms with E-state index in [1.807, 2.05) is 0 Å². The maximum absolute atomic E-state index is 5.86. The van der Waals surface area contributed by atoms with Crippen LogP contribution in [0, 0.1) is 5.92 Å². The lowest BCUT2D eigenvalue weighted by atomic mass is 9.77. The zero-order chi connectivity index (χ0) is 8.39. The molecule has 2 atom stereocenters. The molecule has 12 heavy (non-hydrogen) atoms. The van der Waals surface area contributed by atoms with E-state index in [0.29, 0.717) is 6.04 Å². The van der Waals surface area contributed by atoms with Gasteiger partial charge in [0.25, 0.3) is 0 Å². The van der Waals surface area contributed by atoms with Crippen LogP contribution in [0.15, 0.2) is 16.8 Å². The van der Waals surface area contributed by atoms with E-state index in [1.165, 1.54) is 31.2 Å². The van der Waals surface area contributed by atoms with Gasteiger partial charge in [0.05, 0.1) is 0 Å². The molecule has 0 aliphatic heterocycles. The van der Waals surface area contributed by atoms with Crippen LogP contribution < -0.4 is 5.73 Å². The summed E-state index contributed by atoms with van der Waals surface area (Å²) in [5.74, 6) is 0.810. The van der Waals surface area contributed by atoms with Crippen molar-refractivity contribution in [2.75, 3.05) is 0 Å². The van der Waals surface area contributed by atoms with Gasteiger partial charge in [-0.3, -0.25) is 0 Å². The molecule has 1 aliphatic carbocycles. The predicted octanol–water partition coefficient (Wildman–Crippen LogP) is 2.42. The first kappa shape index (κ1) is 8.27. The van der Waals surface area contributed by atoms with Crippen molar-refractivity contribution in [2.24, 2.45) is 11.7 Å². The van der Waals surface area contributed by atoms with Crippen LogP contribution in [-0.4, -0.2) is 6.04 Å². The lowest BCUT2D eigenvalue weighted by Crippen LogP contribution is -2.39. The summed E-state index contributed by atoms with van der Waals surface area (Å²) in [5.41, 5.74) is 7.35. The standard InChI is InChI=1S/C10H15NS/c11-10-4-3-9(10)2-1-8-5-6-12-7-8/h5-7,9-10H,1-4,11H2. The number of hydrogen-bond acceptors (Lipinski definition) is 2. The summed E-state index contributed by atoms with van der Waals surface area (Å²) in [6.45, 7) is 0. The van der Waals surface area contributed by atoms with Crippen LogP contribution in [0.4, 0.5) is 0 Å². The topological polar surface area (TPSA) is 26.0 Å². The minimum absolute atomic E-state index is 0.503. The Bertz CT molecular complexity index is 230. The fourth-order valence-electron chi connectivity index (χ4n) is 1.74. The number of rotatable bonds is 3. The minimum Gasteiger partial charge on any atom is -0.327 e. The molecule has 2 unspecified atom stereocenters. The molecule has 0 spiro atoms. The van der Waals surface area contributed by atoms with Gasteiger partial charge in [-0.15, -0.1) is 0 Å². The van der Waals surface area contributed by atoms with E-state index in [-0.39, 0.29) is 0 Å². The third-order valence-corrected chi connectivity index (χ3v) is 3.59. The quantitative estimate of drug-likeness (QED) is 0.761. The molecule has 0 radical (unpaired) electrons. The third kappa shape index (κ3) is 1.70. The third-order valence-electron chi connectivity index (χ3n) is 2.86. The lowest BCUT2D eigenvalue weighted by molar-refractivity contribution is 0.241. The van der Waals surface area contributed by atoms with E-state index in [1.54, 1.807) is 11.3 Å². The molecule has 2 rings (SSSR count). The number of nitrogens with two attached hydrogens (primary N) is 1. The van der Waals surface area contributed by atoms with Crippen molar-refractivity contribution < 1.29 is 0 Å². The van der Waals surface area contributed by atoms with E-state index >= 15 is 0 Å². The molecule has 1 aromatic heterocycles. The average molecular weight is 181 g/mol. The summed E-state index contributed by atoms with van der Waals surface area (Å²) in [7, 11) is 0. The van der Waals surface area contributed by atoms with Crippen molar-refractivity contribution in [3.63, 3.8) is 0 Å². The van der Waals surface area contributed by atoms with Crippen molar-refractivity contribution >= 4 is 11.3 Å². The second-order valence-electron chi connectivity index (χ2n) is 3.67. The smallest absolute Gasteiger partial charge is 0.00673 e. The normalized spacial score (nSPS) is 28.4. The fourth-order valence-corrected chi connectivity index (χ4v) is 2.44. The van der Waals surface area contributed by atoms with Crippen LogP contribution in [0.3, 0.4) is 0 Å². The van der Waals surface area contributed by atoms with E-state index in [0.717, 1.165) is 5.92 Å². The predicted molar refractivity (Wildman–Crippen MR) is 53.3 cm³/mol. The van der Waals surface area contributed by atoms with Crippen LogP contribution in [0.1, 0.15) is 24.8 Å². The molecule has 1 nitrogen and oxygen atoms in total. The van der Waals surface area contributed by atoms with Crippen LogP contribution in [-0.2, 0) is 6.42 Å². The highest BCUT2D eigenvalue weighted by Gasteiger charge is 2.26. The van der Waals surface area contributed by atoms with Crippen molar-refractivity contribution in [3.8, 4) is 0 Å². The number of aryl methyl sites for hydroxylation is 1. The second-order valence-corrected chi connectivity index (χ2v) is 4.45. The summed E-state index contributed by atoms with van der Waals surface area (Å²) < 4.78 is 0. The van der Waals surface area contributed by atoms with Crippen LogP contribution in [0.2, 0.25) is 0 Å². The van der Waals surface area contributed by atoms with Gasteiger partial charge < -0.3 is 5.73 Å². The molecule has 1 heterocycles. The number of thiophene rings is 1. The Kier molecular flexibility index (Phi) is 2.47. The number of hydrogen-bond donors (Lipinski definition) is 1. The minimum atomic E-state index is 0.503. The average Bonchev–Trinajstić information content (AvgIpc) is 2.54. The summed E-state index contributed by atoms with van der Waals surface area (Å²) in [5, 5.41) is 4.39. The van der Waals surface area contributed by atoms with Gasteiger partial charge in [-0.25, -0.2) is 0 Å². The SMILES string of the molecule is NC1CCC1CCc1ccsc1. The van der Waals surface area contributed by atoms with Gasteiger partial charge in [0, 0.05) is 6.04 Å². The highest BCUT2D eigenvalue weighted by Crippen LogP contribution is 2.29. The Labute approximate surface area is 77.6 Å². The molecule has 0 bridgehead atoms. The zero-order valence-electron chi connectivity index (χ0n) is 7.20. The summed E-state index contributed by atoms with van der Waals surface area (Å²) in [6, 6.07) is 2.72. The Morgan fingerprint density at radius 2 is 2.42 bits per heavy atom. The summed E-state index contributed by atoms with van der Waals surface area (Å²) in [4.78, 5) is 0. The van der Waals surface area contributed by atoms with E-state index in [4.69, 9.17) is 5.73 Å². The van der Waals surface area contributed by atoms with E-state index in [2.05, 4.69) is 16.8 Å². The fraction of sp³-hybridized carbons (Fsp3) is 0.600. The van der Waals surface area contributed by atoms with Gasteiger partial charge in [-0.1, -0.05) is 0 Å². The maximum Gasteiger partial charge on any atom is 0.00673 e. The molecule has 1 saturated carbocycles. The van der Waals surface area contributed by atoms with Crippen molar-refractivity contribution in [1.29, 1.82) is 0 Å². The Morgan fingerprint density at radius 1 is 1.50 bits per heavy atom. The molecule has 66 valence electrons. The zero-order valence-corrected chi connectivity index (χ0v) is 8.02. The molecule has 0 aromatic carbocycles. The second kappa shape index (κ2) is 3.58. The summed E-state index contributed by atoms with van der Waals surface area (Å²) in [6.07, 6.45) is 5.11. The largest absolute Gasteiger partial charge is 0.327 e. The molecule has 1 aliphatic rings. The first-order valence-corrected chi connectivity index (χ1v) is 5.57. The maximum atomic E-state index is 5.86. The van der Waals surface area contributed by atoms with Crippen LogP contribution >= 0.6 is 11.3 Å². The molecular formula is C10H15NS. The highest BCUT2D eigenvalue weighted by atomic mass is 32.1. The van der Waals surface area contributed by atoms with E-state index < -0.39 is 0 Å². The van der Waals surface area contributed by atoms with Gasteiger partial charge >= 0.3 is 0 Å². The molecule has 2 heteroatoms. The first-order valence-electron chi connectivity index (χ1n) is 4.63.